The zero-order valence-corrected chi connectivity index (χ0v) is 8.64. The van der Waals surface area contributed by atoms with Gasteiger partial charge in [-0.2, -0.15) is 0 Å². The van der Waals surface area contributed by atoms with Gasteiger partial charge in [0.1, 0.15) is 0 Å². The lowest BCUT2D eigenvalue weighted by Crippen LogP contribution is -2.04. The van der Waals surface area contributed by atoms with Crippen LogP contribution in [0.1, 0.15) is 12.5 Å². The van der Waals surface area contributed by atoms with E-state index in [0.717, 1.165) is 11.0 Å². The first-order valence-corrected chi connectivity index (χ1v) is 4.72. The van der Waals surface area contributed by atoms with Crippen molar-refractivity contribution in [1.82, 2.24) is 5.32 Å². The Bertz CT molecular complexity index is 268. The quantitative estimate of drug-likeness (QED) is 0.835. The van der Waals surface area contributed by atoms with Gasteiger partial charge in [-0.1, -0.05) is 40.2 Å². The number of benzene rings is 1. The Labute approximate surface area is 81.6 Å². The van der Waals surface area contributed by atoms with E-state index < -0.39 is 0 Å². The first-order chi connectivity index (χ1) is 5.84. The normalized spacial score (nSPS) is 10.5. The highest BCUT2D eigenvalue weighted by Gasteiger charge is 1.94. The molecule has 0 amide bonds. The molecule has 0 saturated heterocycles. The van der Waals surface area contributed by atoms with Crippen molar-refractivity contribution < 1.29 is 0 Å². The summed E-state index contributed by atoms with van der Waals surface area (Å²) in [5, 5.41) is 3.18. The minimum atomic E-state index is 0.867. The number of hydrogen-bond donors (Lipinski definition) is 1. The Morgan fingerprint density at radius 1 is 1.42 bits per heavy atom. The minimum Gasteiger partial charge on any atom is -0.387 e. The van der Waals surface area contributed by atoms with E-state index >= 15 is 0 Å². The van der Waals surface area contributed by atoms with Crippen LogP contribution in [0.25, 0.3) is 0 Å². The minimum absolute atomic E-state index is 0.867. The molecule has 0 fully saturated rings. The van der Waals surface area contributed by atoms with Crippen LogP contribution in [0, 0.1) is 0 Å². The summed E-state index contributed by atoms with van der Waals surface area (Å²) in [6.07, 6.45) is 3.93. The van der Waals surface area contributed by atoms with Crippen molar-refractivity contribution in [3.63, 3.8) is 0 Å². The SMILES string of the molecule is C/C=C/NCc1ccccc1Br. The van der Waals surface area contributed by atoms with Gasteiger partial charge >= 0.3 is 0 Å². The Balaban J connectivity index is 2.57. The summed E-state index contributed by atoms with van der Waals surface area (Å²) in [6, 6.07) is 8.20. The summed E-state index contributed by atoms with van der Waals surface area (Å²) in [4.78, 5) is 0. The van der Waals surface area contributed by atoms with Crippen molar-refractivity contribution in [1.29, 1.82) is 0 Å². The molecular formula is C10H12BrN. The highest BCUT2D eigenvalue weighted by molar-refractivity contribution is 9.10. The molecule has 64 valence electrons. The molecule has 1 rings (SSSR count). The molecule has 0 radical (unpaired) electrons. The van der Waals surface area contributed by atoms with Crippen LogP contribution in [-0.2, 0) is 6.54 Å². The van der Waals surface area contributed by atoms with Gasteiger partial charge in [-0.25, -0.2) is 0 Å². The molecule has 0 saturated carbocycles. The summed E-state index contributed by atoms with van der Waals surface area (Å²) >= 11 is 3.48. The Hall–Kier alpha value is -0.760. The molecule has 1 aromatic rings. The van der Waals surface area contributed by atoms with Crippen molar-refractivity contribution >= 4 is 15.9 Å². The highest BCUT2D eigenvalue weighted by atomic mass is 79.9. The topological polar surface area (TPSA) is 12.0 Å². The standard InChI is InChI=1S/C10H12BrN/c1-2-7-12-8-9-5-3-4-6-10(9)11/h2-7,12H,8H2,1H3/b7-2+. The summed E-state index contributed by atoms with van der Waals surface area (Å²) in [6.45, 7) is 2.86. The molecule has 0 aromatic heterocycles. The fraction of sp³-hybridized carbons (Fsp3) is 0.200. The molecule has 1 nitrogen and oxygen atoms in total. The van der Waals surface area contributed by atoms with E-state index in [9.17, 15) is 0 Å². The fourth-order valence-electron chi connectivity index (χ4n) is 0.928. The van der Waals surface area contributed by atoms with Crippen LogP contribution in [0.5, 0.6) is 0 Å². The van der Waals surface area contributed by atoms with Crippen LogP contribution >= 0.6 is 15.9 Å². The molecular weight excluding hydrogens is 214 g/mol. The van der Waals surface area contributed by atoms with Gasteiger partial charge in [0, 0.05) is 11.0 Å². The van der Waals surface area contributed by atoms with E-state index in [0.29, 0.717) is 0 Å². The predicted octanol–water partition coefficient (Wildman–Crippen LogP) is 3.07. The summed E-state index contributed by atoms with van der Waals surface area (Å²) < 4.78 is 1.15. The maximum atomic E-state index is 3.48. The van der Waals surface area contributed by atoms with Gasteiger partial charge in [-0.3, -0.25) is 0 Å². The highest BCUT2D eigenvalue weighted by Crippen LogP contribution is 2.14. The van der Waals surface area contributed by atoms with Crippen molar-refractivity contribution in [2.24, 2.45) is 0 Å². The van der Waals surface area contributed by atoms with Gasteiger partial charge < -0.3 is 5.32 Å². The molecule has 0 unspecified atom stereocenters. The third kappa shape index (κ3) is 2.70. The number of hydrogen-bond acceptors (Lipinski definition) is 1. The van der Waals surface area contributed by atoms with E-state index in [1.807, 2.05) is 37.4 Å². The lowest BCUT2D eigenvalue weighted by molar-refractivity contribution is 0.864. The number of allylic oxidation sites excluding steroid dienone is 1. The lowest BCUT2D eigenvalue weighted by Gasteiger charge is -2.02. The maximum absolute atomic E-state index is 3.48. The smallest absolute Gasteiger partial charge is 0.0406 e. The zero-order valence-electron chi connectivity index (χ0n) is 7.05. The molecule has 0 aliphatic carbocycles. The predicted molar refractivity (Wildman–Crippen MR) is 55.8 cm³/mol. The van der Waals surface area contributed by atoms with Crippen LogP contribution in [0.2, 0.25) is 0 Å². The molecule has 0 aliphatic heterocycles. The van der Waals surface area contributed by atoms with Gasteiger partial charge in [0.2, 0.25) is 0 Å². The van der Waals surface area contributed by atoms with Crippen LogP contribution in [0.15, 0.2) is 41.0 Å². The van der Waals surface area contributed by atoms with E-state index in [4.69, 9.17) is 0 Å². The second-order valence-corrected chi connectivity index (χ2v) is 3.33. The van der Waals surface area contributed by atoms with Gasteiger partial charge in [0.15, 0.2) is 0 Å². The first-order valence-electron chi connectivity index (χ1n) is 3.92. The van der Waals surface area contributed by atoms with Crippen molar-refractivity contribution in [3.8, 4) is 0 Å². The third-order valence-electron chi connectivity index (χ3n) is 1.53. The lowest BCUT2D eigenvalue weighted by atomic mass is 10.2. The molecule has 2 heteroatoms. The zero-order chi connectivity index (χ0) is 8.81. The molecule has 1 aromatic carbocycles. The van der Waals surface area contributed by atoms with Gasteiger partial charge in [-0.05, 0) is 24.8 Å². The van der Waals surface area contributed by atoms with E-state index in [1.165, 1.54) is 5.56 Å². The van der Waals surface area contributed by atoms with Crippen LogP contribution < -0.4 is 5.32 Å². The average Bonchev–Trinajstić information content (AvgIpc) is 2.09. The fourth-order valence-corrected chi connectivity index (χ4v) is 1.35. The first kappa shape index (κ1) is 9.33. The van der Waals surface area contributed by atoms with Gasteiger partial charge in [0.25, 0.3) is 0 Å². The van der Waals surface area contributed by atoms with Crippen LogP contribution in [0.4, 0.5) is 0 Å². The van der Waals surface area contributed by atoms with Gasteiger partial charge in [0.05, 0.1) is 0 Å². The Morgan fingerprint density at radius 3 is 2.83 bits per heavy atom. The van der Waals surface area contributed by atoms with Gasteiger partial charge in [-0.15, -0.1) is 0 Å². The second-order valence-electron chi connectivity index (χ2n) is 2.47. The van der Waals surface area contributed by atoms with E-state index in [1.54, 1.807) is 0 Å². The van der Waals surface area contributed by atoms with E-state index in [2.05, 4.69) is 27.3 Å². The molecule has 0 atom stereocenters. The molecule has 0 aliphatic rings. The third-order valence-corrected chi connectivity index (χ3v) is 2.31. The van der Waals surface area contributed by atoms with Crippen molar-refractivity contribution in [2.75, 3.05) is 0 Å². The average molecular weight is 226 g/mol. The van der Waals surface area contributed by atoms with Crippen molar-refractivity contribution in [2.45, 2.75) is 13.5 Å². The van der Waals surface area contributed by atoms with Crippen LogP contribution in [-0.4, -0.2) is 0 Å². The number of halogens is 1. The molecule has 0 heterocycles. The monoisotopic (exact) mass is 225 g/mol. The number of nitrogens with one attached hydrogen (secondary N) is 1. The van der Waals surface area contributed by atoms with Crippen LogP contribution in [0.3, 0.4) is 0 Å². The van der Waals surface area contributed by atoms with E-state index in [-0.39, 0.29) is 0 Å². The van der Waals surface area contributed by atoms with Crippen molar-refractivity contribution in [3.05, 3.63) is 46.6 Å². The maximum Gasteiger partial charge on any atom is 0.0406 e. The Morgan fingerprint density at radius 2 is 2.17 bits per heavy atom. The Kier molecular flexibility index (Phi) is 3.88. The molecule has 0 spiro atoms. The summed E-state index contributed by atoms with van der Waals surface area (Å²) in [5.41, 5.74) is 1.27. The molecule has 0 bridgehead atoms. The second kappa shape index (κ2) is 4.99. The number of rotatable bonds is 3. The largest absolute Gasteiger partial charge is 0.387 e. The molecule has 1 N–H and O–H groups in total. The summed E-state index contributed by atoms with van der Waals surface area (Å²) in [7, 11) is 0. The summed E-state index contributed by atoms with van der Waals surface area (Å²) in [5.74, 6) is 0. The molecule has 12 heavy (non-hydrogen) atoms.